The van der Waals surface area contributed by atoms with Gasteiger partial charge in [-0.05, 0) is 25.1 Å². The monoisotopic (exact) mass is 276 g/mol. The van der Waals surface area contributed by atoms with Gasteiger partial charge < -0.3 is 15.0 Å². The first kappa shape index (κ1) is 16.4. The molecule has 1 unspecified atom stereocenters. The van der Waals surface area contributed by atoms with E-state index in [1.807, 2.05) is 12.3 Å². The zero-order chi connectivity index (χ0) is 14.8. The molecule has 0 radical (unpaired) electrons. The van der Waals surface area contributed by atoms with Crippen molar-refractivity contribution in [1.29, 1.82) is 5.26 Å². The Kier molecular flexibility index (Phi) is 7.63. The average molecular weight is 276 g/mol. The molecule has 0 bridgehead atoms. The van der Waals surface area contributed by atoms with E-state index in [4.69, 9.17) is 10.00 Å². The molecule has 1 aromatic rings. The topological polar surface area (TPSA) is 61.2 Å². The molecule has 110 valence electrons. The summed E-state index contributed by atoms with van der Waals surface area (Å²) in [5.74, 6) is 0.893. The van der Waals surface area contributed by atoms with Crippen molar-refractivity contribution in [3.05, 3.63) is 23.9 Å². The van der Waals surface area contributed by atoms with Crippen LogP contribution < -0.4 is 10.2 Å². The molecule has 1 N–H and O–H groups in total. The second kappa shape index (κ2) is 9.29. The molecule has 20 heavy (non-hydrogen) atoms. The normalized spacial score (nSPS) is 11.9. The van der Waals surface area contributed by atoms with Crippen molar-refractivity contribution in [2.45, 2.75) is 26.3 Å². The Morgan fingerprint density at radius 1 is 1.45 bits per heavy atom. The smallest absolute Gasteiger partial charge is 0.128 e. The van der Waals surface area contributed by atoms with Crippen LogP contribution in [-0.4, -0.2) is 38.3 Å². The lowest BCUT2D eigenvalue weighted by molar-refractivity contribution is 0.205. The molecule has 0 saturated carbocycles. The quantitative estimate of drug-likeness (QED) is 0.748. The molecule has 0 aromatic carbocycles. The van der Waals surface area contributed by atoms with Crippen molar-refractivity contribution in [2.24, 2.45) is 0 Å². The fourth-order valence-corrected chi connectivity index (χ4v) is 1.99. The van der Waals surface area contributed by atoms with Crippen LogP contribution in [0.1, 0.15) is 31.9 Å². The van der Waals surface area contributed by atoms with E-state index in [1.54, 1.807) is 7.11 Å². The third kappa shape index (κ3) is 5.16. The Balaban J connectivity index is 2.73. The first-order chi connectivity index (χ1) is 9.72. The minimum absolute atomic E-state index is 0.299. The van der Waals surface area contributed by atoms with Crippen molar-refractivity contribution in [2.75, 3.05) is 38.3 Å². The largest absolute Gasteiger partial charge is 0.383 e. The lowest BCUT2D eigenvalue weighted by atomic mass is 10.1. The Bertz CT molecular complexity index is 413. The molecule has 5 nitrogen and oxygen atoms in total. The average Bonchev–Trinajstić information content (AvgIpc) is 2.48. The van der Waals surface area contributed by atoms with E-state index < -0.39 is 0 Å². The van der Waals surface area contributed by atoms with Crippen molar-refractivity contribution in [3.63, 3.8) is 0 Å². The summed E-state index contributed by atoms with van der Waals surface area (Å²) in [6, 6.07) is 6.56. The lowest BCUT2D eigenvalue weighted by Gasteiger charge is -2.23. The molecular weight excluding hydrogens is 252 g/mol. The Morgan fingerprint density at radius 3 is 2.80 bits per heavy atom. The summed E-state index contributed by atoms with van der Waals surface area (Å²) in [5, 5.41) is 12.1. The Hall–Kier alpha value is -1.64. The number of hydrogen-bond acceptors (Lipinski definition) is 5. The molecule has 0 amide bonds. The summed E-state index contributed by atoms with van der Waals surface area (Å²) < 4.78 is 5.11. The molecular formula is C15H24N4O. The van der Waals surface area contributed by atoms with Crippen LogP contribution in [0.15, 0.2) is 18.3 Å². The summed E-state index contributed by atoms with van der Waals surface area (Å²) >= 11 is 0. The fourth-order valence-electron chi connectivity index (χ4n) is 1.99. The van der Waals surface area contributed by atoms with Crippen molar-refractivity contribution in [3.8, 4) is 6.07 Å². The standard InChI is InChI=1S/C15H24N4O/c1-4-17-13(2)14-6-7-15(18-12-14)19(9-5-8-16)10-11-20-3/h6-7,12-13,17H,4-5,9-11H2,1-3H3. The Labute approximate surface area is 121 Å². The van der Waals surface area contributed by atoms with Gasteiger partial charge in [0.1, 0.15) is 5.82 Å². The molecule has 0 aliphatic rings. The molecule has 1 heterocycles. The second-order valence-corrected chi connectivity index (χ2v) is 4.62. The number of rotatable bonds is 9. The molecule has 0 aliphatic heterocycles. The minimum Gasteiger partial charge on any atom is -0.383 e. The van der Waals surface area contributed by atoms with Gasteiger partial charge in [0, 0.05) is 32.4 Å². The van der Waals surface area contributed by atoms with Gasteiger partial charge in [0.05, 0.1) is 19.1 Å². The number of nitriles is 1. The van der Waals surface area contributed by atoms with E-state index in [0.717, 1.165) is 18.9 Å². The zero-order valence-corrected chi connectivity index (χ0v) is 12.6. The van der Waals surface area contributed by atoms with Crippen LogP contribution in [0.4, 0.5) is 5.82 Å². The van der Waals surface area contributed by atoms with E-state index in [2.05, 4.69) is 41.2 Å². The third-order valence-corrected chi connectivity index (χ3v) is 3.16. The van der Waals surface area contributed by atoms with Crippen LogP contribution in [0.3, 0.4) is 0 Å². The van der Waals surface area contributed by atoms with E-state index in [-0.39, 0.29) is 0 Å². The molecule has 0 aliphatic carbocycles. The van der Waals surface area contributed by atoms with Gasteiger partial charge in [0.15, 0.2) is 0 Å². The number of nitrogens with one attached hydrogen (secondary N) is 1. The van der Waals surface area contributed by atoms with Crippen LogP contribution in [0.5, 0.6) is 0 Å². The van der Waals surface area contributed by atoms with Crippen molar-refractivity contribution < 1.29 is 4.74 Å². The Morgan fingerprint density at radius 2 is 2.25 bits per heavy atom. The molecule has 1 rings (SSSR count). The maximum atomic E-state index is 8.73. The zero-order valence-electron chi connectivity index (χ0n) is 12.6. The molecule has 0 saturated heterocycles. The van der Waals surface area contributed by atoms with Gasteiger partial charge in [-0.15, -0.1) is 0 Å². The van der Waals surface area contributed by atoms with Crippen LogP contribution in [0, 0.1) is 11.3 Å². The summed E-state index contributed by atoms with van der Waals surface area (Å²) in [6.45, 7) is 7.20. The SMILES string of the molecule is CCNC(C)c1ccc(N(CCC#N)CCOC)nc1. The number of nitrogens with zero attached hydrogens (tertiary/aromatic N) is 3. The summed E-state index contributed by atoms with van der Waals surface area (Å²) in [6.07, 6.45) is 2.38. The molecule has 1 atom stereocenters. The maximum absolute atomic E-state index is 8.73. The van der Waals surface area contributed by atoms with Crippen LogP contribution >= 0.6 is 0 Å². The first-order valence-corrected chi connectivity index (χ1v) is 7.03. The highest BCUT2D eigenvalue weighted by molar-refractivity contribution is 5.40. The van der Waals surface area contributed by atoms with Gasteiger partial charge in [-0.3, -0.25) is 0 Å². The van der Waals surface area contributed by atoms with E-state index in [9.17, 15) is 0 Å². The van der Waals surface area contributed by atoms with Gasteiger partial charge >= 0.3 is 0 Å². The number of methoxy groups -OCH3 is 1. The maximum Gasteiger partial charge on any atom is 0.128 e. The molecule has 0 spiro atoms. The van der Waals surface area contributed by atoms with Gasteiger partial charge in [0.25, 0.3) is 0 Å². The number of pyridine rings is 1. The van der Waals surface area contributed by atoms with Gasteiger partial charge in [-0.1, -0.05) is 13.0 Å². The summed E-state index contributed by atoms with van der Waals surface area (Å²) in [5.41, 5.74) is 1.17. The highest BCUT2D eigenvalue weighted by Gasteiger charge is 2.09. The highest BCUT2D eigenvalue weighted by Crippen LogP contribution is 2.16. The fraction of sp³-hybridized carbons (Fsp3) is 0.600. The van der Waals surface area contributed by atoms with Gasteiger partial charge in [-0.25, -0.2) is 4.98 Å². The van der Waals surface area contributed by atoms with Crippen LogP contribution in [0.2, 0.25) is 0 Å². The van der Waals surface area contributed by atoms with E-state index in [1.165, 1.54) is 5.56 Å². The van der Waals surface area contributed by atoms with E-state index >= 15 is 0 Å². The third-order valence-electron chi connectivity index (χ3n) is 3.16. The van der Waals surface area contributed by atoms with Gasteiger partial charge in [-0.2, -0.15) is 5.26 Å². The molecule has 5 heteroatoms. The van der Waals surface area contributed by atoms with Crippen molar-refractivity contribution in [1.82, 2.24) is 10.3 Å². The molecule has 0 fully saturated rings. The summed E-state index contributed by atoms with van der Waals surface area (Å²) in [7, 11) is 1.68. The predicted octanol–water partition coefficient (Wildman–Crippen LogP) is 2.12. The predicted molar refractivity (Wildman–Crippen MR) is 80.6 cm³/mol. The van der Waals surface area contributed by atoms with Crippen molar-refractivity contribution >= 4 is 5.82 Å². The highest BCUT2D eigenvalue weighted by atomic mass is 16.5. The minimum atomic E-state index is 0.299. The van der Waals surface area contributed by atoms with E-state index in [0.29, 0.717) is 25.6 Å². The number of anilines is 1. The second-order valence-electron chi connectivity index (χ2n) is 4.62. The molecule has 1 aromatic heterocycles. The van der Waals surface area contributed by atoms with Crippen LogP contribution in [-0.2, 0) is 4.74 Å². The number of aromatic nitrogens is 1. The number of ether oxygens (including phenoxy) is 1. The van der Waals surface area contributed by atoms with Gasteiger partial charge in [0.2, 0.25) is 0 Å². The summed E-state index contributed by atoms with van der Waals surface area (Å²) in [4.78, 5) is 6.59. The number of hydrogen-bond donors (Lipinski definition) is 1. The lowest BCUT2D eigenvalue weighted by Crippen LogP contribution is -2.29. The van der Waals surface area contributed by atoms with Crippen LogP contribution in [0.25, 0.3) is 0 Å². The first-order valence-electron chi connectivity index (χ1n) is 7.03.